The molecule has 3 rings (SSSR count). The molecule has 3 aromatic rings. The lowest BCUT2D eigenvalue weighted by Crippen LogP contribution is -2.25. The summed E-state index contributed by atoms with van der Waals surface area (Å²) in [4.78, 5) is 33.3. The number of rotatable bonds is 10. The van der Waals surface area contributed by atoms with Crippen molar-refractivity contribution >= 4 is 45.1 Å². The molecule has 1 unspecified atom stereocenters. The third-order valence-corrected chi connectivity index (χ3v) is 5.65. The molecule has 0 fully saturated rings. The third-order valence-electron chi connectivity index (χ3n) is 5.17. The van der Waals surface area contributed by atoms with E-state index in [2.05, 4.69) is 25.9 Å². The number of anilines is 4. The molecule has 0 saturated heterocycles. The maximum absolute atomic E-state index is 13.0. The van der Waals surface area contributed by atoms with Crippen molar-refractivity contribution in [2.24, 2.45) is 11.7 Å². The second-order valence-corrected chi connectivity index (χ2v) is 10.0. The van der Waals surface area contributed by atoms with Gasteiger partial charge in [-0.25, -0.2) is 4.98 Å². The number of para-hydroxylation sites is 1. The second-order valence-electron chi connectivity index (χ2n) is 8.44. The van der Waals surface area contributed by atoms with Crippen LogP contribution in [0.4, 0.5) is 23.1 Å². The maximum Gasteiger partial charge on any atom is 0.306 e. The van der Waals surface area contributed by atoms with Crippen molar-refractivity contribution in [3.63, 3.8) is 0 Å². The lowest BCUT2D eigenvalue weighted by Gasteiger charge is -2.20. The van der Waals surface area contributed by atoms with Gasteiger partial charge < -0.3 is 25.9 Å². The zero-order valence-electron chi connectivity index (χ0n) is 20.3. The molecule has 0 saturated carbocycles. The summed E-state index contributed by atoms with van der Waals surface area (Å²) < 4.78 is 28.5. The van der Waals surface area contributed by atoms with Crippen LogP contribution in [0.3, 0.4) is 0 Å². The van der Waals surface area contributed by atoms with Crippen LogP contribution in [0.2, 0.25) is 0 Å². The first-order valence-corrected chi connectivity index (χ1v) is 12.8. The van der Waals surface area contributed by atoms with E-state index in [1.54, 1.807) is 30.3 Å². The van der Waals surface area contributed by atoms with Crippen LogP contribution in [-0.2, 0) is 10.1 Å². The SMILES string of the molecule is CC(C)C(C)Nc1nc(Nc2ccc(OS(C)(=O)=O)c(C(=O)Nc3ccccc3)c2)ncc1C(N)=O. The first kappa shape index (κ1) is 26.4. The summed E-state index contributed by atoms with van der Waals surface area (Å²) in [5.74, 6) is -0.756. The van der Waals surface area contributed by atoms with Gasteiger partial charge in [0, 0.05) is 23.6 Å². The van der Waals surface area contributed by atoms with E-state index in [0.29, 0.717) is 11.4 Å². The van der Waals surface area contributed by atoms with Gasteiger partial charge in [0.25, 0.3) is 11.8 Å². The van der Waals surface area contributed by atoms with Crippen LogP contribution in [0, 0.1) is 5.92 Å². The molecular weight excluding hydrogens is 484 g/mol. The van der Waals surface area contributed by atoms with Gasteiger partial charge in [0.15, 0.2) is 5.75 Å². The average Bonchev–Trinajstić information content (AvgIpc) is 2.79. The van der Waals surface area contributed by atoms with E-state index >= 15 is 0 Å². The number of benzene rings is 2. The van der Waals surface area contributed by atoms with Gasteiger partial charge in [0.2, 0.25) is 5.95 Å². The van der Waals surface area contributed by atoms with E-state index < -0.39 is 21.9 Å². The van der Waals surface area contributed by atoms with E-state index in [4.69, 9.17) is 9.92 Å². The van der Waals surface area contributed by atoms with Gasteiger partial charge in [0.05, 0.1) is 17.4 Å². The largest absolute Gasteiger partial charge is 0.382 e. The molecule has 36 heavy (non-hydrogen) atoms. The molecule has 0 spiro atoms. The Bertz CT molecular complexity index is 1360. The maximum atomic E-state index is 13.0. The minimum Gasteiger partial charge on any atom is -0.382 e. The number of amides is 2. The zero-order chi connectivity index (χ0) is 26.5. The molecule has 0 radical (unpaired) electrons. The molecule has 2 aromatic carbocycles. The molecule has 5 N–H and O–H groups in total. The fraction of sp³-hybridized carbons (Fsp3) is 0.250. The Balaban J connectivity index is 1.95. The van der Waals surface area contributed by atoms with Crippen LogP contribution < -0.4 is 25.9 Å². The average molecular weight is 513 g/mol. The van der Waals surface area contributed by atoms with Crippen LogP contribution >= 0.6 is 0 Å². The Hall–Kier alpha value is -4.19. The molecular formula is C24H28N6O5S. The number of carbonyl (C=O) groups excluding carboxylic acids is 2. The number of nitrogens with one attached hydrogen (secondary N) is 3. The standard InChI is InChI=1S/C24H28N6O5S/c1-14(2)15(3)27-22-19(21(25)31)13-26-24(30-22)29-17-10-11-20(35-36(4,33)34)18(12-17)23(32)28-16-8-6-5-7-9-16/h5-15H,1-4H3,(H2,25,31)(H,28,32)(H2,26,27,29,30). The van der Waals surface area contributed by atoms with Crippen molar-refractivity contribution in [1.82, 2.24) is 9.97 Å². The molecule has 0 aliphatic heterocycles. The van der Waals surface area contributed by atoms with E-state index in [-0.39, 0.29) is 40.6 Å². The Kier molecular flexibility index (Phi) is 8.10. The van der Waals surface area contributed by atoms with Crippen LogP contribution in [-0.4, -0.2) is 42.5 Å². The number of hydrogen-bond donors (Lipinski definition) is 4. The van der Waals surface area contributed by atoms with Gasteiger partial charge in [-0.15, -0.1) is 0 Å². The van der Waals surface area contributed by atoms with E-state index in [9.17, 15) is 18.0 Å². The van der Waals surface area contributed by atoms with Gasteiger partial charge in [-0.3, -0.25) is 9.59 Å². The summed E-state index contributed by atoms with van der Waals surface area (Å²) in [5.41, 5.74) is 6.46. The summed E-state index contributed by atoms with van der Waals surface area (Å²) in [6.07, 6.45) is 2.19. The van der Waals surface area contributed by atoms with Crippen molar-refractivity contribution in [1.29, 1.82) is 0 Å². The second kappa shape index (κ2) is 11.0. The van der Waals surface area contributed by atoms with Crippen molar-refractivity contribution in [3.8, 4) is 5.75 Å². The third kappa shape index (κ3) is 7.15. The number of nitrogens with zero attached hydrogens (tertiary/aromatic N) is 2. The Morgan fingerprint density at radius 1 is 1.00 bits per heavy atom. The summed E-state index contributed by atoms with van der Waals surface area (Å²) in [6.45, 7) is 5.98. The number of hydrogen-bond acceptors (Lipinski definition) is 9. The lowest BCUT2D eigenvalue weighted by molar-refractivity contribution is 0.0997. The molecule has 190 valence electrons. The highest BCUT2D eigenvalue weighted by Gasteiger charge is 2.19. The Morgan fingerprint density at radius 2 is 1.69 bits per heavy atom. The van der Waals surface area contributed by atoms with Gasteiger partial charge in [-0.05, 0) is 43.2 Å². The molecule has 1 aromatic heterocycles. The van der Waals surface area contributed by atoms with Gasteiger partial charge >= 0.3 is 10.1 Å². The molecule has 11 nitrogen and oxygen atoms in total. The lowest BCUT2D eigenvalue weighted by atomic mass is 10.1. The molecule has 1 heterocycles. The van der Waals surface area contributed by atoms with Crippen LogP contribution in [0.1, 0.15) is 41.5 Å². The number of aromatic nitrogens is 2. The van der Waals surface area contributed by atoms with Crippen LogP contribution in [0.25, 0.3) is 0 Å². The number of carbonyl (C=O) groups is 2. The fourth-order valence-corrected chi connectivity index (χ4v) is 3.46. The summed E-state index contributed by atoms with van der Waals surface area (Å²) in [6, 6.07) is 12.9. The van der Waals surface area contributed by atoms with Crippen LogP contribution in [0.15, 0.2) is 54.7 Å². The number of nitrogens with two attached hydrogens (primary N) is 1. The molecule has 0 aliphatic rings. The minimum absolute atomic E-state index is 0.00781. The van der Waals surface area contributed by atoms with Crippen molar-refractivity contribution in [2.45, 2.75) is 26.8 Å². The highest BCUT2D eigenvalue weighted by atomic mass is 32.2. The van der Waals surface area contributed by atoms with Gasteiger partial charge in [-0.1, -0.05) is 32.0 Å². The minimum atomic E-state index is -3.89. The number of primary amides is 1. The smallest absolute Gasteiger partial charge is 0.306 e. The Labute approximate surface area is 209 Å². The molecule has 12 heteroatoms. The van der Waals surface area contributed by atoms with E-state index in [1.165, 1.54) is 24.4 Å². The summed E-state index contributed by atoms with van der Waals surface area (Å²) in [7, 11) is -3.89. The van der Waals surface area contributed by atoms with Crippen molar-refractivity contribution < 1.29 is 22.2 Å². The summed E-state index contributed by atoms with van der Waals surface area (Å²) >= 11 is 0. The van der Waals surface area contributed by atoms with Crippen LogP contribution in [0.5, 0.6) is 5.75 Å². The highest BCUT2D eigenvalue weighted by Crippen LogP contribution is 2.27. The predicted molar refractivity (Wildman–Crippen MR) is 138 cm³/mol. The quantitative estimate of drug-likeness (QED) is 0.298. The monoisotopic (exact) mass is 512 g/mol. The Morgan fingerprint density at radius 3 is 2.31 bits per heavy atom. The fourth-order valence-electron chi connectivity index (χ4n) is 2.98. The van der Waals surface area contributed by atoms with E-state index in [1.807, 2.05) is 20.8 Å². The molecule has 1 atom stereocenters. The van der Waals surface area contributed by atoms with Gasteiger partial charge in [-0.2, -0.15) is 13.4 Å². The van der Waals surface area contributed by atoms with E-state index in [0.717, 1.165) is 6.26 Å². The van der Waals surface area contributed by atoms with Crippen molar-refractivity contribution in [2.75, 3.05) is 22.2 Å². The zero-order valence-corrected chi connectivity index (χ0v) is 21.1. The summed E-state index contributed by atoms with van der Waals surface area (Å²) in [5, 5.41) is 8.83. The molecule has 0 aliphatic carbocycles. The van der Waals surface area contributed by atoms with Crippen molar-refractivity contribution in [3.05, 3.63) is 65.9 Å². The first-order chi connectivity index (χ1) is 16.9. The first-order valence-electron chi connectivity index (χ1n) is 11.0. The molecule has 2 amide bonds. The predicted octanol–water partition coefficient (Wildman–Crippen LogP) is 3.37. The highest BCUT2D eigenvalue weighted by molar-refractivity contribution is 7.86. The topological polar surface area (TPSA) is 165 Å². The normalized spacial score (nSPS) is 12.0. The van der Waals surface area contributed by atoms with Gasteiger partial charge in [0.1, 0.15) is 5.82 Å². The molecule has 0 bridgehead atoms.